The van der Waals surface area contributed by atoms with Crippen LogP contribution in [0.2, 0.25) is 0 Å². The number of halogens is 2. The molecule has 1 atom stereocenters. The van der Waals surface area contributed by atoms with Crippen LogP contribution in [-0.2, 0) is 0 Å². The zero-order valence-corrected chi connectivity index (χ0v) is 14.2. The third-order valence-corrected chi connectivity index (χ3v) is 6.41. The standard InChI is InChI=1S/C18H20BrCl/c1-2-18(11-5-6-12-18)17(20)15-9-10-16(19)14-8-4-3-7-13(14)15/h3-4,7-10,17H,2,5-6,11-12H2,1H3. The van der Waals surface area contributed by atoms with Gasteiger partial charge in [-0.3, -0.25) is 0 Å². The van der Waals surface area contributed by atoms with Crippen molar-refractivity contribution in [2.45, 2.75) is 44.4 Å². The molecule has 2 aromatic carbocycles. The lowest BCUT2D eigenvalue weighted by Gasteiger charge is -2.34. The van der Waals surface area contributed by atoms with E-state index < -0.39 is 0 Å². The highest BCUT2D eigenvalue weighted by atomic mass is 79.9. The monoisotopic (exact) mass is 350 g/mol. The predicted molar refractivity (Wildman–Crippen MR) is 91.4 cm³/mol. The molecular weight excluding hydrogens is 332 g/mol. The van der Waals surface area contributed by atoms with Gasteiger partial charge >= 0.3 is 0 Å². The van der Waals surface area contributed by atoms with Crippen molar-refractivity contribution in [3.63, 3.8) is 0 Å². The van der Waals surface area contributed by atoms with Crippen LogP contribution < -0.4 is 0 Å². The third-order valence-electron chi connectivity index (χ3n) is 5.02. The summed E-state index contributed by atoms with van der Waals surface area (Å²) in [6, 6.07) is 12.9. The van der Waals surface area contributed by atoms with Gasteiger partial charge in [0.15, 0.2) is 0 Å². The molecule has 2 aromatic rings. The maximum Gasteiger partial charge on any atom is 0.0647 e. The van der Waals surface area contributed by atoms with Gasteiger partial charge < -0.3 is 0 Å². The largest absolute Gasteiger partial charge is 0.117 e. The molecule has 1 aliphatic carbocycles. The van der Waals surface area contributed by atoms with Crippen LogP contribution in [0.1, 0.15) is 50.0 Å². The second-order valence-electron chi connectivity index (χ2n) is 5.97. The van der Waals surface area contributed by atoms with Crippen molar-refractivity contribution in [3.8, 4) is 0 Å². The lowest BCUT2D eigenvalue weighted by Crippen LogP contribution is -2.21. The highest BCUT2D eigenvalue weighted by molar-refractivity contribution is 9.10. The van der Waals surface area contributed by atoms with E-state index in [1.807, 2.05) is 0 Å². The molecule has 0 aliphatic heterocycles. The quantitative estimate of drug-likeness (QED) is 0.530. The van der Waals surface area contributed by atoms with Gasteiger partial charge in [-0.1, -0.05) is 66.0 Å². The summed E-state index contributed by atoms with van der Waals surface area (Å²) in [6.07, 6.45) is 6.35. The molecule has 0 aromatic heterocycles. The van der Waals surface area contributed by atoms with Gasteiger partial charge in [0.2, 0.25) is 0 Å². The Morgan fingerprint density at radius 3 is 2.40 bits per heavy atom. The van der Waals surface area contributed by atoms with Crippen LogP contribution in [0, 0.1) is 5.41 Å². The summed E-state index contributed by atoms with van der Waals surface area (Å²) < 4.78 is 1.15. The smallest absolute Gasteiger partial charge is 0.0647 e. The van der Waals surface area contributed by atoms with E-state index in [2.05, 4.69) is 59.3 Å². The van der Waals surface area contributed by atoms with E-state index in [4.69, 9.17) is 11.6 Å². The molecule has 20 heavy (non-hydrogen) atoms. The van der Waals surface area contributed by atoms with Gasteiger partial charge in [0, 0.05) is 4.47 Å². The van der Waals surface area contributed by atoms with Crippen molar-refractivity contribution in [2.75, 3.05) is 0 Å². The first kappa shape index (κ1) is 14.4. The Bertz CT molecular complexity index is 614. The highest BCUT2D eigenvalue weighted by Crippen LogP contribution is 2.54. The second kappa shape index (κ2) is 5.69. The number of hydrogen-bond acceptors (Lipinski definition) is 0. The summed E-state index contributed by atoms with van der Waals surface area (Å²) in [5.74, 6) is 0. The first-order valence-corrected chi connectivity index (χ1v) is 8.72. The molecule has 106 valence electrons. The first-order chi connectivity index (χ1) is 9.68. The van der Waals surface area contributed by atoms with E-state index in [1.165, 1.54) is 48.4 Å². The Balaban J connectivity index is 2.12. The third kappa shape index (κ3) is 2.29. The van der Waals surface area contributed by atoms with Crippen LogP contribution in [0.25, 0.3) is 10.8 Å². The predicted octanol–water partition coefficient (Wildman–Crippen LogP) is 6.85. The molecule has 1 unspecified atom stereocenters. The minimum Gasteiger partial charge on any atom is -0.117 e. The molecule has 0 spiro atoms. The van der Waals surface area contributed by atoms with Crippen LogP contribution in [0.5, 0.6) is 0 Å². The highest BCUT2D eigenvalue weighted by Gasteiger charge is 2.40. The molecule has 3 rings (SSSR count). The Morgan fingerprint density at radius 1 is 1.10 bits per heavy atom. The van der Waals surface area contributed by atoms with Gasteiger partial charge in [0.25, 0.3) is 0 Å². The fraction of sp³-hybridized carbons (Fsp3) is 0.444. The van der Waals surface area contributed by atoms with E-state index in [0.29, 0.717) is 0 Å². The Hall–Kier alpha value is -0.530. The SMILES string of the molecule is CCC1(C(Cl)c2ccc(Br)c3ccccc23)CCCC1. The molecule has 0 N–H and O–H groups in total. The minimum absolute atomic E-state index is 0.119. The van der Waals surface area contributed by atoms with Crippen molar-refractivity contribution >= 4 is 38.3 Å². The van der Waals surface area contributed by atoms with Gasteiger partial charge in [-0.2, -0.15) is 0 Å². The Labute approximate surface area is 134 Å². The number of rotatable bonds is 3. The zero-order chi connectivity index (χ0) is 14.2. The van der Waals surface area contributed by atoms with Crippen LogP contribution in [0.4, 0.5) is 0 Å². The normalized spacial score (nSPS) is 19.4. The fourth-order valence-corrected chi connectivity index (χ4v) is 4.74. The van der Waals surface area contributed by atoms with Gasteiger partial charge in [0.1, 0.15) is 0 Å². The summed E-state index contributed by atoms with van der Waals surface area (Å²) in [7, 11) is 0. The number of fused-ring (bicyclic) bond motifs is 1. The fourth-order valence-electron chi connectivity index (χ4n) is 3.70. The lowest BCUT2D eigenvalue weighted by molar-refractivity contribution is 0.272. The molecule has 0 saturated heterocycles. The maximum atomic E-state index is 6.99. The Morgan fingerprint density at radius 2 is 1.75 bits per heavy atom. The van der Waals surface area contributed by atoms with E-state index in [1.54, 1.807) is 0 Å². The molecule has 0 radical (unpaired) electrons. The van der Waals surface area contributed by atoms with E-state index in [0.717, 1.165) is 4.47 Å². The molecule has 1 fully saturated rings. The van der Waals surface area contributed by atoms with Gasteiger partial charge in [0.05, 0.1) is 5.38 Å². The summed E-state index contributed by atoms with van der Waals surface area (Å²) >= 11 is 10.6. The van der Waals surface area contributed by atoms with E-state index in [-0.39, 0.29) is 10.8 Å². The topological polar surface area (TPSA) is 0 Å². The lowest BCUT2D eigenvalue weighted by atomic mass is 9.76. The average Bonchev–Trinajstić information content (AvgIpc) is 2.97. The number of benzene rings is 2. The van der Waals surface area contributed by atoms with Crippen molar-refractivity contribution < 1.29 is 0 Å². The molecule has 0 nitrogen and oxygen atoms in total. The van der Waals surface area contributed by atoms with Gasteiger partial charge in [-0.05, 0) is 47.1 Å². The van der Waals surface area contributed by atoms with Crippen LogP contribution in [0.3, 0.4) is 0 Å². The van der Waals surface area contributed by atoms with E-state index >= 15 is 0 Å². The van der Waals surface area contributed by atoms with Gasteiger partial charge in [-0.15, -0.1) is 11.6 Å². The second-order valence-corrected chi connectivity index (χ2v) is 7.26. The van der Waals surface area contributed by atoms with E-state index in [9.17, 15) is 0 Å². The molecule has 1 saturated carbocycles. The first-order valence-electron chi connectivity index (χ1n) is 7.49. The van der Waals surface area contributed by atoms with Crippen molar-refractivity contribution in [2.24, 2.45) is 5.41 Å². The van der Waals surface area contributed by atoms with Crippen LogP contribution in [0.15, 0.2) is 40.9 Å². The van der Waals surface area contributed by atoms with Crippen LogP contribution in [-0.4, -0.2) is 0 Å². The number of hydrogen-bond donors (Lipinski definition) is 0. The molecule has 0 amide bonds. The molecule has 1 aliphatic rings. The summed E-state index contributed by atoms with van der Waals surface area (Å²) in [6.45, 7) is 2.29. The molecule has 0 bridgehead atoms. The summed E-state index contributed by atoms with van der Waals surface area (Å²) in [5.41, 5.74) is 1.59. The zero-order valence-electron chi connectivity index (χ0n) is 11.8. The van der Waals surface area contributed by atoms with Crippen molar-refractivity contribution in [1.29, 1.82) is 0 Å². The van der Waals surface area contributed by atoms with Crippen molar-refractivity contribution in [3.05, 3.63) is 46.4 Å². The molecule has 2 heteroatoms. The van der Waals surface area contributed by atoms with Gasteiger partial charge in [-0.25, -0.2) is 0 Å². The van der Waals surface area contributed by atoms with Crippen LogP contribution >= 0.6 is 27.5 Å². The maximum absolute atomic E-state index is 6.99. The summed E-state index contributed by atoms with van der Waals surface area (Å²) in [5, 5.41) is 2.68. The minimum atomic E-state index is 0.119. The van der Waals surface area contributed by atoms with Crippen molar-refractivity contribution in [1.82, 2.24) is 0 Å². The summed E-state index contributed by atoms with van der Waals surface area (Å²) in [4.78, 5) is 0. The average molecular weight is 352 g/mol. The molecule has 0 heterocycles. The molecular formula is C18H20BrCl. The Kier molecular flexibility index (Phi) is 4.10. The number of alkyl halides is 1.